The summed E-state index contributed by atoms with van der Waals surface area (Å²) in [5.41, 5.74) is 5.34. The molecular weight excluding hydrogens is 388 g/mol. The molecule has 0 saturated carbocycles. The number of aryl methyl sites for hydroxylation is 1. The molecule has 0 aliphatic carbocycles. The van der Waals surface area contributed by atoms with Crippen LogP contribution in [0.3, 0.4) is 0 Å². The van der Waals surface area contributed by atoms with Gasteiger partial charge in [-0.1, -0.05) is 0 Å². The fourth-order valence-electron chi connectivity index (χ4n) is 2.20. The van der Waals surface area contributed by atoms with E-state index in [4.69, 9.17) is 9.47 Å². The first-order valence-corrected chi connectivity index (χ1v) is 8.04. The molecule has 1 aromatic heterocycles. The Morgan fingerprint density at radius 2 is 2.16 bits per heavy atom. The van der Waals surface area contributed by atoms with Crippen LogP contribution in [0.1, 0.15) is 22.4 Å². The third-order valence-electron chi connectivity index (χ3n) is 3.31. The maximum absolute atomic E-state index is 9.73. The van der Waals surface area contributed by atoms with Crippen LogP contribution < -0.4 is 10.2 Å². The van der Waals surface area contributed by atoms with Gasteiger partial charge < -0.3 is 14.6 Å². The highest BCUT2D eigenvalue weighted by Crippen LogP contribution is 2.31. The first-order valence-electron chi connectivity index (χ1n) is 7.25. The number of methoxy groups -OCH3 is 2. The fraction of sp³-hybridized carbons (Fsp3) is 0.235. The predicted octanol–water partition coefficient (Wildman–Crippen LogP) is 3.33. The van der Waals surface area contributed by atoms with Gasteiger partial charge in [0.25, 0.3) is 0 Å². The predicted molar refractivity (Wildman–Crippen MR) is 98.0 cm³/mol. The van der Waals surface area contributed by atoms with Crippen molar-refractivity contribution in [1.82, 2.24) is 4.98 Å². The lowest BCUT2D eigenvalue weighted by Gasteiger charge is -2.09. The smallest absolute Gasteiger partial charge is 0.164 e. The first kappa shape index (κ1) is 18.7. The number of aromatic nitrogens is 1. The topological polar surface area (TPSA) is 99.8 Å². The number of hydrogen-bond acceptors (Lipinski definition) is 7. The highest BCUT2D eigenvalue weighted by Gasteiger charge is 2.11. The maximum atomic E-state index is 9.73. The zero-order valence-corrected chi connectivity index (χ0v) is 15.6. The average molecular weight is 405 g/mol. The van der Waals surface area contributed by atoms with E-state index in [2.05, 4.69) is 37.5 Å². The monoisotopic (exact) mass is 404 g/mol. The molecule has 0 saturated heterocycles. The summed E-state index contributed by atoms with van der Waals surface area (Å²) in [6, 6.07) is 7.08. The van der Waals surface area contributed by atoms with E-state index in [0.29, 0.717) is 33.8 Å². The van der Waals surface area contributed by atoms with Crippen molar-refractivity contribution in [3.05, 3.63) is 45.1 Å². The van der Waals surface area contributed by atoms with E-state index < -0.39 is 0 Å². The molecule has 1 heterocycles. The molecular formula is C17H17BrN4O3. The van der Waals surface area contributed by atoms with Gasteiger partial charge in [0.05, 0.1) is 19.9 Å². The van der Waals surface area contributed by atoms with E-state index in [9.17, 15) is 10.4 Å². The van der Waals surface area contributed by atoms with Crippen molar-refractivity contribution in [3.63, 3.8) is 0 Å². The molecule has 8 heteroatoms. The van der Waals surface area contributed by atoms with Crippen molar-refractivity contribution >= 4 is 28.0 Å². The van der Waals surface area contributed by atoms with Crippen LogP contribution in [0.25, 0.3) is 0 Å². The number of phenols is 1. The number of aromatic hydroxyl groups is 1. The molecule has 1 aromatic carbocycles. The van der Waals surface area contributed by atoms with Crippen LogP contribution >= 0.6 is 15.9 Å². The minimum Gasteiger partial charge on any atom is -0.504 e. The van der Waals surface area contributed by atoms with Gasteiger partial charge in [-0.15, -0.1) is 0 Å². The van der Waals surface area contributed by atoms with Crippen molar-refractivity contribution in [2.45, 2.75) is 13.5 Å². The molecule has 7 nitrogen and oxygen atoms in total. The summed E-state index contributed by atoms with van der Waals surface area (Å²) >= 11 is 3.35. The average Bonchev–Trinajstić information content (AvgIpc) is 2.57. The molecule has 0 spiro atoms. The molecule has 2 aromatic rings. The first-order chi connectivity index (χ1) is 12.0. The molecule has 0 fully saturated rings. The number of pyridine rings is 1. The summed E-state index contributed by atoms with van der Waals surface area (Å²) in [5, 5.41) is 23.2. The van der Waals surface area contributed by atoms with Crippen LogP contribution in [-0.2, 0) is 11.3 Å². The third-order valence-corrected chi connectivity index (χ3v) is 4.00. The molecule has 0 aliphatic rings. The van der Waals surface area contributed by atoms with E-state index >= 15 is 0 Å². The van der Waals surface area contributed by atoms with Gasteiger partial charge in [-0.3, -0.25) is 5.43 Å². The number of phenolic OH excluding ortho intramolecular Hbond substituents is 1. The standard InChI is InChI=1S/C17H17BrN4O3/c1-10-4-12(9-24-2)13(7-19)17(21-10)22-20-8-11-5-16(25-3)15(23)6-14(11)18/h4-6,8,23H,9H2,1-3H3,(H,21,22)/b20-8-. The van der Waals surface area contributed by atoms with Crippen LogP contribution in [0.2, 0.25) is 0 Å². The van der Waals surface area contributed by atoms with E-state index in [-0.39, 0.29) is 5.75 Å². The number of hydrogen-bond donors (Lipinski definition) is 2. The lowest BCUT2D eigenvalue weighted by molar-refractivity contribution is 0.184. The molecule has 2 rings (SSSR count). The number of halogens is 1. The van der Waals surface area contributed by atoms with E-state index in [1.807, 2.05) is 6.92 Å². The Balaban J connectivity index is 2.30. The Morgan fingerprint density at radius 3 is 2.80 bits per heavy atom. The Labute approximate surface area is 154 Å². The van der Waals surface area contributed by atoms with Crippen molar-refractivity contribution in [2.24, 2.45) is 5.10 Å². The quantitative estimate of drug-likeness (QED) is 0.565. The number of nitrogens with one attached hydrogen (secondary N) is 1. The summed E-state index contributed by atoms with van der Waals surface area (Å²) in [6.07, 6.45) is 1.53. The summed E-state index contributed by atoms with van der Waals surface area (Å²) in [6.45, 7) is 2.14. The van der Waals surface area contributed by atoms with Gasteiger partial charge in [-0.25, -0.2) is 4.98 Å². The maximum Gasteiger partial charge on any atom is 0.164 e. The Hall–Kier alpha value is -2.63. The normalized spacial score (nSPS) is 10.7. The van der Waals surface area contributed by atoms with E-state index in [0.717, 1.165) is 11.3 Å². The van der Waals surface area contributed by atoms with Crippen molar-refractivity contribution in [3.8, 4) is 17.6 Å². The molecule has 0 amide bonds. The van der Waals surface area contributed by atoms with Gasteiger partial charge in [0.2, 0.25) is 0 Å². The number of rotatable bonds is 6. The van der Waals surface area contributed by atoms with Gasteiger partial charge in [0, 0.05) is 28.4 Å². The second kappa shape index (κ2) is 8.46. The van der Waals surface area contributed by atoms with Crippen molar-refractivity contribution < 1.29 is 14.6 Å². The molecule has 130 valence electrons. The van der Waals surface area contributed by atoms with E-state index in [1.165, 1.54) is 19.4 Å². The summed E-state index contributed by atoms with van der Waals surface area (Å²) in [5.74, 6) is 0.710. The van der Waals surface area contributed by atoms with Gasteiger partial charge in [0.15, 0.2) is 17.3 Å². The number of nitriles is 1. The Morgan fingerprint density at radius 1 is 1.40 bits per heavy atom. The molecule has 0 unspecified atom stereocenters. The van der Waals surface area contributed by atoms with Gasteiger partial charge in [-0.05, 0) is 41.1 Å². The van der Waals surface area contributed by atoms with Crippen LogP contribution in [0, 0.1) is 18.3 Å². The van der Waals surface area contributed by atoms with Crippen LogP contribution in [0.4, 0.5) is 5.82 Å². The number of hydrazone groups is 1. The Bertz CT molecular complexity index is 847. The second-order valence-electron chi connectivity index (χ2n) is 5.11. The van der Waals surface area contributed by atoms with Crippen molar-refractivity contribution in [2.75, 3.05) is 19.6 Å². The number of nitrogens with zero attached hydrogens (tertiary/aromatic N) is 3. The van der Waals surface area contributed by atoms with Crippen LogP contribution in [0.15, 0.2) is 27.8 Å². The zero-order chi connectivity index (χ0) is 18.4. The third kappa shape index (κ3) is 4.47. The van der Waals surface area contributed by atoms with Gasteiger partial charge >= 0.3 is 0 Å². The highest BCUT2D eigenvalue weighted by atomic mass is 79.9. The summed E-state index contributed by atoms with van der Waals surface area (Å²) in [4.78, 5) is 4.31. The SMILES string of the molecule is COCc1cc(C)nc(N/N=C\c2cc(OC)c(O)cc2Br)c1C#N. The largest absolute Gasteiger partial charge is 0.504 e. The molecule has 25 heavy (non-hydrogen) atoms. The molecule has 0 bridgehead atoms. The zero-order valence-electron chi connectivity index (χ0n) is 14.0. The molecule has 2 N–H and O–H groups in total. The molecule has 0 aliphatic heterocycles. The van der Waals surface area contributed by atoms with Crippen molar-refractivity contribution in [1.29, 1.82) is 5.26 Å². The highest BCUT2D eigenvalue weighted by molar-refractivity contribution is 9.10. The van der Waals surface area contributed by atoms with Crippen LogP contribution in [0.5, 0.6) is 11.5 Å². The minimum atomic E-state index is 0.0239. The number of ether oxygens (including phenoxy) is 2. The Kier molecular flexibility index (Phi) is 6.33. The number of benzene rings is 1. The number of anilines is 1. The van der Waals surface area contributed by atoms with E-state index in [1.54, 1.807) is 19.2 Å². The lowest BCUT2D eigenvalue weighted by Crippen LogP contribution is -2.03. The second-order valence-corrected chi connectivity index (χ2v) is 5.96. The molecule has 0 atom stereocenters. The minimum absolute atomic E-state index is 0.0239. The lowest BCUT2D eigenvalue weighted by atomic mass is 10.1. The summed E-state index contributed by atoms with van der Waals surface area (Å²) in [7, 11) is 3.03. The summed E-state index contributed by atoms with van der Waals surface area (Å²) < 4.78 is 10.8. The van der Waals surface area contributed by atoms with Gasteiger partial charge in [-0.2, -0.15) is 10.4 Å². The fourth-order valence-corrected chi connectivity index (χ4v) is 2.63. The molecule has 0 radical (unpaired) electrons. The van der Waals surface area contributed by atoms with Gasteiger partial charge in [0.1, 0.15) is 11.6 Å². The van der Waals surface area contributed by atoms with Crippen LogP contribution in [-0.4, -0.2) is 30.5 Å².